The van der Waals surface area contributed by atoms with E-state index in [-0.39, 0.29) is 11.2 Å². The molecule has 224 valence electrons. The SMILES string of the molecule is COc1cc(/C=c2/sc3n(c2=O)[C@H](c2cccc([N+](=O)[O-])c2)C2=C(N=3)c3ccccc3CC2)cc(Br)c1OCc1ccccc1. The molecule has 0 radical (unpaired) electrons. The summed E-state index contributed by atoms with van der Waals surface area (Å²) in [6.07, 6.45) is 3.31. The Balaban J connectivity index is 1.35. The molecule has 0 spiro atoms. The Morgan fingerprint density at radius 1 is 1.04 bits per heavy atom. The Morgan fingerprint density at radius 3 is 2.64 bits per heavy atom. The highest BCUT2D eigenvalue weighted by Crippen LogP contribution is 2.42. The van der Waals surface area contributed by atoms with Crippen molar-refractivity contribution in [3.8, 4) is 11.5 Å². The van der Waals surface area contributed by atoms with Crippen LogP contribution in [-0.2, 0) is 13.0 Å². The molecule has 45 heavy (non-hydrogen) atoms. The van der Waals surface area contributed by atoms with Crippen LogP contribution in [0.5, 0.6) is 11.5 Å². The standard InChI is InChI=1S/C35H26BrN3O5S/c1-43-29-17-22(16-28(36)33(29)44-20-21-8-3-2-4-9-21)18-30-34(40)38-32(24-11-7-12-25(19-24)39(41)42)27-15-14-23-10-5-6-13-26(23)31(27)37-35(38)45-30/h2-13,16-19,32H,14-15,20H2,1H3/b30-18+/t32-/m1/s1. The minimum Gasteiger partial charge on any atom is -0.493 e. The lowest BCUT2D eigenvalue weighted by molar-refractivity contribution is -0.384. The Bertz CT molecular complexity index is 2190. The molecule has 0 saturated heterocycles. The van der Waals surface area contributed by atoms with Gasteiger partial charge >= 0.3 is 0 Å². The fraction of sp³-hybridized carbons (Fsp3) is 0.143. The van der Waals surface area contributed by atoms with Crippen LogP contribution in [-0.4, -0.2) is 16.6 Å². The molecule has 2 aliphatic rings. The summed E-state index contributed by atoms with van der Waals surface area (Å²) >= 11 is 4.93. The van der Waals surface area contributed by atoms with Crippen molar-refractivity contribution in [2.75, 3.05) is 7.11 Å². The third kappa shape index (κ3) is 5.40. The van der Waals surface area contributed by atoms with Gasteiger partial charge in [0, 0.05) is 17.7 Å². The van der Waals surface area contributed by atoms with Crippen LogP contribution < -0.4 is 24.4 Å². The molecule has 7 rings (SSSR count). The van der Waals surface area contributed by atoms with Gasteiger partial charge in [0.2, 0.25) is 0 Å². The molecular weight excluding hydrogens is 654 g/mol. The van der Waals surface area contributed by atoms with Gasteiger partial charge in [0.05, 0.1) is 32.8 Å². The summed E-state index contributed by atoms with van der Waals surface area (Å²) in [5.41, 5.74) is 6.29. The number of aryl methyl sites for hydroxylation is 1. The molecule has 0 saturated carbocycles. The predicted molar refractivity (Wildman–Crippen MR) is 177 cm³/mol. The molecule has 0 fully saturated rings. The summed E-state index contributed by atoms with van der Waals surface area (Å²) in [6, 6.07) is 27.8. The van der Waals surface area contributed by atoms with E-state index in [1.165, 1.54) is 23.0 Å². The second kappa shape index (κ2) is 11.9. The van der Waals surface area contributed by atoms with Gasteiger partial charge in [0.25, 0.3) is 11.2 Å². The van der Waals surface area contributed by atoms with Crippen LogP contribution in [0.4, 0.5) is 5.69 Å². The number of fused-ring (bicyclic) bond motifs is 3. The number of allylic oxidation sites excluding steroid dienone is 1. The van der Waals surface area contributed by atoms with E-state index >= 15 is 0 Å². The highest BCUT2D eigenvalue weighted by molar-refractivity contribution is 9.10. The molecule has 2 heterocycles. The van der Waals surface area contributed by atoms with E-state index in [0.717, 1.165) is 34.4 Å². The summed E-state index contributed by atoms with van der Waals surface area (Å²) in [5, 5.41) is 11.7. The molecule has 5 aromatic rings. The number of methoxy groups -OCH3 is 1. The average molecular weight is 681 g/mol. The zero-order chi connectivity index (χ0) is 31.1. The lowest BCUT2D eigenvalue weighted by atomic mass is 9.83. The summed E-state index contributed by atoms with van der Waals surface area (Å²) in [6.45, 7) is 0.374. The van der Waals surface area contributed by atoms with Gasteiger partial charge in [0.15, 0.2) is 16.3 Å². The van der Waals surface area contributed by atoms with E-state index in [0.29, 0.717) is 43.9 Å². The van der Waals surface area contributed by atoms with Crippen molar-refractivity contribution in [1.82, 2.24) is 4.57 Å². The first-order valence-corrected chi connectivity index (χ1v) is 15.9. The fourth-order valence-corrected chi connectivity index (χ4v) is 7.55. The van der Waals surface area contributed by atoms with Gasteiger partial charge in [-0.2, -0.15) is 0 Å². The minimum atomic E-state index is -0.512. The maximum atomic E-state index is 14.2. The largest absolute Gasteiger partial charge is 0.493 e. The van der Waals surface area contributed by atoms with E-state index in [1.807, 2.05) is 66.7 Å². The number of non-ortho nitro benzene ring substituents is 1. The Labute approximate surface area is 270 Å². The molecule has 1 aromatic heterocycles. The van der Waals surface area contributed by atoms with Crippen LogP contribution in [0.3, 0.4) is 0 Å². The van der Waals surface area contributed by atoms with Gasteiger partial charge in [-0.25, -0.2) is 4.99 Å². The third-order valence-electron chi connectivity index (χ3n) is 8.05. The van der Waals surface area contributed by atoms with E-state index < -0.39 is 11.0 Å². The number of hydrogen-bond donors (Lipinski definition) is 0. The maximum absolute atomic E-state index is 14.2. The van der Waals surface area contributed by atoms with Crippen molar-refractivity contribution >= 4 is 44.7 Å². The van der Waals surface area contributed by atoms with Crippen LogP contribution >= 0.6 is 27.3 Å². The van der Waals surface area contributed by atoms with Gasteiger partial charge in [-0.05, 0) is 74.8 Å². The van der Waals surface area contributed by atoms with Crippen molar-refractivity contribution in [3.05, 3.63) is 159 Å². The van der Waals surface area contributed by atoms with Gasteiger partial charge in [-0.1, -0.05) is 78.1 Å². The van der Waals surface area contributed by atoms with Crippen LogP contribution in [0.1, 0.15) is 40.3 Å². The van der Waals surface area contributed by atoms with Crippen molar-refractivity contribution in [3.63, 3.8) is 0 Å². The molecule has 0 N–H and O–H groups in total. The highest BCUT2D eigenvalue weighted by Gasteiger charge is 2.33. The van der Waals surface area contributed by atoms with Crippen molar-refractivity contribution in [2.24, 2.45) is 4.99 Å². The summed E-state index contributed by atoms with van der Waals surface area (Å²) in [4.78, 5) is 31.0. The molecule has 0 bridgehead atoms. The third-order valence-corrected chi connectivity index (χ3v) is 9.62. The van der Waals surface area contributed by atoms with Crippen LogP contribution in [0, 0.1) is 10.1 Å². The number of nitro groups is 1. The second-order valence-corrected chi connectivity index (χ2v) is 12.6. The van der Waals surface area contributed by atoms with Gasteiger partial charge in [-0.15, -0.1) is 0 Å². The minimum absolute atomic E-state index is 0.0171. The van der Waals surface area contributed by atoms with Crippen LogP contribution in [0.15, 0.2) is 111 Å². The Morgan fingerprint density at radius 2 is 1.84 bits per heavy atom. The number of thiazole rings is 1. The molecular formula is C35H26BrN3O5S. The average Bonchev–Trinajstić information content (AvgIpc) is 3.37. The lowest BCUT2D eigenvalue weighted by Crippen LogP contribution is -2.38. The van der Waals surface area contributed by atoms with Crippen LogP contribution in [0.2, 0.25) is 0 Å². The molecule has 8 nitrogen and oxygen atoms in total. The van der Waals surface area contributed by atoms with E-state index in [9.17, 15) is 14.9 Å². The Hall–Kier alpha value is -4.80. The first-order chi connectivity index (χ1) is 21.9. The number of rotatable bonds is 7. The Kier molecular flexibility index (Phi) is 7.68. The number of aromatic nitrogens is 1. The fourth-order valence-electron chi connectivity index (χ4n) is 5.98. The molecule has 0 amide bonds. The van der Waals surface area contributed by atoms with Gasteiger partial charge in [0.1, 0.15) is 6.61 Å². The first-order valence-electron chi connectivity index (χ1n) is 14.3. The molecule has 10 heteroatoms. The smallest absolute Gasteiger partial charge is 0.271 e. The number of nitrogens with zero attached hydrogens (tertiary/aromatic N) is 3. The summed E-state index contributed by atoms with van der Waals surface area (Å²) in [7, 11) is 1.58. The number of hydrogen-bond acceptors (Lipinski definition) is 7. The maximum Gasteiger partial charge on any atom is 0.271 e. The zero-order valence-electron chi connectivity index (χ0n) is 24.1. The molecule has 1 aliphatic carbocycles. The lowest BCUT2D eigenvalue weighted by Gasteiger charge is -2.30. The molecule has 1 aliphatic heterocycles. The monoisotopic (exact) mass is 679 g/mol. The molecule has 0 unspecified atom stereocenters. The summed E-state index contributed by atoms with van der Waals surface area (Å²) < 4.78 is 14.6. The number of ether oxygens (including phenoxy) is 2. The predicted octanol–water partition coefficient (Wildman–Crippen LogP) is 6.58. The van der Waals surface area contributed by atoms with Crippen molar-refractivity contribution in [1.29, 1.82) is 0 Å². The zero-order valence-corrected chi connectivity index (χ0v) is 26.5. The quantitative estimate of drug-likeness (QED) is 0.143. The van der Waals surface area contributed by atoms with Crippen molar-refractivity contribution < 1.29 is 14.4 Å². The highest BCUT2D eigenvalue weighted by atomic mass is 79.9. The van der Waals surface area contributed by atoms with E-state index in [1.54, 1.807) is 23.8 Å². The van der Waals surface area contributed by atoms with Crippen LogP contribution in [0.25, 0.3) is 11.8 Å². The number of nitro benzene ring substituents is 1. The summed E-state index contributed by atoms with van der Waals surface area (Å²) in [5.74, 6) is 1.10. The first kappa shape index (κ1) is 28.9. The normalized spacial score (nSPS) is 15.5. The van der Waals surface area contributed by atoms with Gasteiger partial charge < -0.3 is 9.47 Å². The van der Waals surface area contributed by atoms with E-state index in [4.69, 9.17) is 14.5 Å². The second-order valence-electron chi connectivity index (χ2n) is 10.8. The molecule has 1 atom stereocenters. The van der Waals surface area contributed by atoms with Crippen molar-refractivity contribution in [2.45, 2.75) is 25.5 Å². The van der Waals surface area contributed by atoms with E-state index in [2.05, 4.69) is 28.1 Å². The topological polar surface area (TPSA) is 96.0 Å². The number of benzene rings is 4. The molecule has 4 aromatic carbocycles. The van der Waals surface area contributed by atoms with Gasteiger partial charge in [-0.3, -0.25) is 19.5 Å². The number of halogens is 1.